The third-order valence-electron chi connectivity index (χ3n) is 8.25. The molecule has 154 valence electrons. The number of hydrogen-bond acceptors (Lipinski definition) is 2. The van der Waals surface area contributed by atoms with Gasteiger partial charge in [0.15, 0.2) is 0 Å². The molecule has 26 heavy (non-hydrogen) atoms. The Morgan fingerprint density at radius 3 is 2.38 bits per heavy atom. The molecule has 8 atom stereocenters. The molecule has 0 heterocycles. The molecule has 0 aromatic rings. The van der Waals surface area contributed by atoms with E-state index >= 15 is 0 Å². The predicted molar refractivity (Wildman–Crippen MR) is 115 cm³/mol. The Morgan fingerprint density at radius 1 is 1.00 bits per heavy atom. The van der Waals surface area contributed by atoms with E-state index in [1.54, 1.807) is 0 Å². The molecule has 0 aliphatic heterocycles. The van der Waals surface area contributed by atoms with Crippen LogP contribution in [0.2, 0.25) is 0 Å². The second-order valence-electron chi connectivity index (χ2n) is 9.79. The summed E-state index contributed by atoms with van der Waals surface area (Å²) < 4.78 is 0. The van der Waals surface area contributed by atoms with Gasteiger partial charge in [0.2, 0.25) is 0 Å². The fourth-order valence-corrected chi connectivity index (χ4v) is 6.84. The maximum Gasteiger partial charge on any atom is 0.00416 e. The highest BCUT2D eigenvalue weighted by atomic mass is 14.7. The van der Waals surface area contributed by atoms with Crippen LogP contribution in [0.1, 0.15) is 98.3 Å². The number of rotatable bonds is 10. The number of unbranched alkanes of at least 4 members (excludes halogenated alkanes) is 1. The van der Waals surface area contributed by atoms with E-state index in [-0.39, 0.29) is 0 Å². The molecule has 4 N–H and O–H groups in total. The van der Waals surface area contributed by atoms with Gasteiger partial charge in [-0.15, -0.1) is 0 Å². The molecule has 0 aromatic carbocycles. The highest BCUT2D eigenvalue weighted by Crippen LogP contribution is 2.53. The summed E-state index contributed by atoms with van der Waals surface area (Å²) in [5, 5.41) is 0. The van der Waals surface area contributed by atoms with E-state index in [1.807, 2.05) is 0 Å². The second-order valence-corrected chi connectivity index (χ2v) is 9.79. The minimum Gasteiger partial charge on any atom is -0.330 e. The summed E-state index contributed by atoms with van der Waals surface area (Å²) in [4.78, 5) is 0. The lowest BCUT2D eigenvalue weighted by molar-refractivity contribution is -0.0169. The highest BCUT2D eigenvalue weighted by molar-refractivity contribution is 4.96. The van der Waals surface area contributed by atoms with Crippen LogP contribution in [0, 0.1) is 41.4 Å². The first-order chi connectivity index (χ1) is 12.6. The van der Waals surface area contributed by atoms with Crippen molar-refractivity contribution in [2.24, 2.45) is 52.9 Å². The molecular formula is C24H48N2. The Bertz CT molecular complexity index is 382. The molecule has 0 spiro atoms. The summed E-state index contributed by atoms with van der Waals surface area (Å²) in [6, 6.07) is 0.474. The quantitative estimate of drug-likeness (QED) is 0.500. The zero-order valence-electron chi connectivity index (χ0n) is 18.3. The molecule has 7 unspecified atom stereocenters. The van der Waals surface area contributed by atoms with E-state index in [4.69, 9.17) is 11.5 Å². The standard InChI is InChI=1S/C24H48N2/c1-5-8-10-19(16-25)24(17(4)7-3)23-13-11-18-15-20(26)12-14-21(18)22(23)9-6-2/h17-24H,5-16,25-26H2,1-4H3/t17?,18?,19?,20-,21?,22?,23?,24?/m1/s1. The van der Waals surface area contributed by atoms with Gasteiger partial charge in [0, 0.05) is 6.04 Å². The zero-order valence-corrected chi connectivity index (χ0v) is 18.3. The number of fused-ring (bicyclic) bond motifs is 1. The summed E-state index contributed by atoms with van der Waals surface area (Å²) in [7, 11) is 0. The van der Waals surface area contributed by atoms with Gasteiger partial charge in [-0.2, -0.15) is 0 Å². The third kappa shape index (κ3) is 5.25. The van der Waals surface area contributed by atoms with Gasteiger partial charge < -0.3 is 11.5 Å². The van der Waals surface area contributed by atoms with Crippen molar-refractivity contribution < 1.29 is 0 Å². The third-order valence-corrected chi connectivity index (χ3v) is 8.25. The van der Waals surface area contributed by atoms with E-state index in [2.05, 4.69) is 27.7 Å². The monoisotopic (exact) mass is 364 g/mol. The van der Waals surface area contributed by atoms with Crippen molar-refractivity contribution in [3.05, 3.63) is 0 Å². The zero-order chi connectivity index (χ0) is 19.1. The van der Waals surface area contributed by atoms with Gasteiger partial charge in [-0.05, 0) is 86.5 Å². The second kappa shape index (κ2) is 11.1. The molecule has 0 radical (unpaired) electrons. The Kier molecular flexibility index (Phi) is 9.44. The molecule has 2 saturated carbocycles. The highest BCUT2D eigenvalue weighted by Gasteiger charge is 2.45. The summed E-state index contributed by atoms with van der Waals surface area (Å²) in [5.41, 5.74) is 12.7. The molecule has 0 saturated heterocycles. The van der Waals surface area contributed by atoms with Gasteiger partial charge in [-0.3, -0.25) is 0 Å². The molecule has 2 aliphatic carbocycles. The minimum atomic E-state index is 0.474. The Balaban J connectivity index is 2.23. The molecule has 2 nitrogen and oxygen atoms in total. The fraction of sp³-hybridized carbons (Fsp3) is 1.00. The van der Waals surface area contributed by atoms with Crippen LogP contribution in [-0.2, 0) is 0 Å². The van der Waals surface area contributed by atoms with Crippen molar-refractivity contribution in [1.82, 2.24) is 0 Å². The first-order valence-corrected chi connectivity index (χ1v) is 12.0. The van der Waals surface area contributed by atoms with Crippen LogP contribution in [0.25, 0.3) is 0 Å². The summed E-state index contributed by atoms with van der Waals surface area (Å²) in [5.74, 6) is 6.08. The average Bonchev–Trinajstić information content (AvgIpc) is 2.65. The van der Waals surface area contributed by atoms with Crippen LogP contribution in [0.3, 0.4) is 0 Å². The van der Waals surface area contributed by atoms with E-state index in [1.165, 1.54) is 70.6 Å². The summed E-state index contributed by atoms with van der Waals surface area (Å²) in [6.07, 6.45) is 14.9. The van der Waals surface area contributed by atoms with Gasteiger partial charge in [-0.25, -0.2) is 0 Å². The van der Waals surface area contributed by atoms with Crippen molar-refractivity contribution in [2.45, 2.75) is 104 Å². The van der Waals surface area contributed by atoms with E-state index in [9.17, 15) is 0 Å². The van der Waals surface area contributed by atoms with E-state index in [0.717, 1.165) is 48.0 Å². The lowest BCUT2D eigenvalue weighted by atomic mass is 9.54. The largest absolute Gasteiger partial charge is 0.330 e. The van der Waals surface area contributed by atoms with Gasteiger partial charge >= 0.3 is 0 Å². The van der Waals surface area contributed by atoms with E-state index in [0.29, 0.717) is 6.04 Å². The van der Waals surface area contributed by atoms with Crippen molar-refractivity contribution in [3.63, 3.8) is 0 Å². The first-order valence-electron chi connectivity index (χ1n) is 12.0. The SMILES string of the molecule is CCCCC(CN)C(C(C)CC)C1CCC2C[C@H](N)CCC2C1CCC. The molecule has 2 rings (SSSR count). The Labute approximate surface area is 164 Å². The molecule has 0 amide bonds. The topological polar surface area (TPSA) is 52.0 Å². The molecule has 2 aliphatic rings. The fourth-order valence-electron chi connectivity index (χ4n) is 6.84. The van der Waals surface area contributed by atoms with E-state index < -0.39 is 0 Å². The lowest BCUT2D eigenvalue weighted by Gasteiger charge is -2.52. The molecule has 2 fully saturated rings. The average molecular weight is 365 g/mol. The van der Waals surface area contributed by atoms with Crippen LogP contribution in [0.15, 0.2) is 0 Å². The van der Waals surface area contributed by atoms with Crippen molar-refractivity contribution in [1.29, 1.82) is 0 Å². The normalized spacial score (nSPS) is 35.5. The van der Waals surface area contributed by atoms with Crippen LogP contribution < -0.4 is 11.5 Å². The van der Waals surface area contributed by atoms with Crippen LogP contribution in [0.4, 0.5) is 0 Å². The number of hydrogen-bond donors (Lipinski definition) is 2. The molecule has 2 heteroatoms. The smallest absolute Gasteiger partial charge is 0.00416 e. The predicted octanol–water partition coefficient (Wildman–Crippen LogP) is 5.98. The van der Waals surface area contributed by atoms with Gasteiger partial charge in [0.25, 0.3) is 0 Å². The van der Waals surface area contributed by atoms with Gasteiger partial charge in [0.05, 0.1) is 0 Å². The van der Waals surface area contributed by atoms with Crippen LogP contribution in [0.5, 0.6) is 0 Å². The minimum absolute atomic E-state index is 0.474. The van der Waals surface area contributed by atoms with Crippen molar-refractivity contribution in [3.8, 4) is 0 Å². The maximum absolute atomic E-state index is 6.37. The molecule has 0 aromatic heterocycles. The van der Waals surface area contributed by atoms with Crippen LogP contribution in [-0.4, -0.2) is 12.6 Å². The maximum atomic E-state index is 6.37. The first kappa shape index (κ1) is 22.2. The molecular weight excluding hydrogens is 316 g/mol. The lowest BCUT2D eigenvalue weighted by Crippen LogP contribution is -2.47. The van der Waals surface area contributed by atoms with Crippen molar-refractivity contribution >= 4 is 0 Å². The van der Waals surface area contributed by atoms with Gasteiger partial charge in [0.1, 0.15) is 0 Å². The van der Waals surface area contributed by atoms with Crippen molar-refractivity contribution in [2.75, 3.05) is 6.54 Å². The summed E-state index contributed by atoms with van der Waals surface area (Å²) in [6.45, 7) is 10.5. The molecule has 0 bridgehead atoms. The van der Waals surface area contributed by atoms with Gasteiger partial charge in [-0.1, -0.05) is 59.8 Å². The summed E-state index contributed by atoms with van der Waals surface area (Å²) >= 11 is 0. The van der Waals surface area contributed by atoms with Crippen LogP contribution >= 0.6 is 0 Å². The Morgan fingerprint density at radius 2 is 1.77 bits per heavy atom. The number of nitrogens with two attached hydrogens (primary N) is 2. The Hall–Kier alpha value is -0.0800.